The van der Waals surface area contributed by atoms with Gasteiger partial charge in [-0.05, 0) is 24.6 Å². The molecule has 2 aliphatic heterocycles. The van der Waals surface area contributed by atoms with Gasteiger partial charge in [-0.3, -0.25) is 4.98 Å². The van der Waals surface area contributed by atoms with E-state index in [9.17, 15) is 0 Å². The zero-order chi connectivity index (χ0) is 13.1. The lowest BCUT2D eigenvalue weighted by molar-refractivity contribution is -0.0941. The smallest absolute Gasteiger partial charge is 0.123 e. The minimum atomic E-state index is -0.0723. The van der Waals surface area contributed by atoms with Gasteiger partial charge in [-0.2, -0.15) is 0 Å². The third kappa shape index (κ3) is 3.12. The number of aryl methyl sites for hydroxylation is 1. The van der Waals surface area contributed by atoms with Gasteiger partial charge in [0.1, 0.15) is 12.2 Å². The highest BCUT2D eigenvalue weighted by Crippen LogP contribution is 2.26. The molecule has 0 radical (unpaired) electrons. The Kier molecular flexibility index (Phi) is 4.08. The Hall–Kier alpha value is -1.01. The molecule has 0 bridgehead atoms. The fraction of sp³-hybridized carbons (Fsp3) is 0.643. The van der Waals surface area contributed by atoms with Crippen LogP contribution >= 0.6 is 0 Å². The Labute approximate surface area is 112 Å². The van der Waals surface area contributed by atoms with Gasteiger partial charge < -0.3 is 18.9 Å². The first kappa shape index (κ1) is 13.0. The molecular formula is C14H19NO4. The summed E-state index contributed by atoms with van der Waals surface area (Å²) >= 11 is 0. The van der Waals surface area contributed by atoms with Crippen molar-refractivity contribution < 1.29 is 18.9 Å². The highest BCUT2D eigenvalue weighted by molar-refractivity contribution is 5.25. The Morgan fingerprint density at radius 3 is 2.26 bits per heavy atom. The summed E-state index contributed by atoms with van der Waals surface area (Å²) in [5.41, 5.74) is 3.00. The van der Waals surface area contributed by atoms with Gasteiger partial charge in [0.25, 0.3) is 0 Å². The average molecular weight is 265 g/mol. The molecule has 2 fully saturated rings. The summed E-state index contributed by atoms with van der Waals surface area (Å²) in [5, 5.41) is 0. The SMILES string of the molecule is Cc1cc(C2COCCO2)cc(C2COCCO2)n1. The summed E-state index contributed by atoms with van der Waals surface area (Å²) in [4.78, 5) is 4.55. The predicted molar refractivity (Wildman–Crippen MR) is 68.0 cm³/mol. The maximum Gasteiger partial charge on any atom is 0.123 e. The van der Waals surface area contributed by atoms with Crippen molar-refractivity contribution in [1.82, 2.24) is 4.98 Å². The molecule has 5 heteroatoms. The van der Waals surface area contributed by atoms with Crippen LogP contribution in [0.25, 0.3) is 0 Å². The molecule has 3 rings (SSSR count). The minimum absolute atomic E-state index is 0.00120. The molecule has 104 valence electrons. The Balaban J connectivity index is 1.82. The van der Waals surface area contributed by atoms with E-state index in [1.165, 1.54) is 0 Å². The van der Waals surface area contributed by atoms with Crippen molar-refractivity contribution in [2.24, 2.45) is 0 Å². The van der Waals surface area contributed by atoms with Gasteiger partial charge in [-0.25, -0.2) is 0 Å². The first-order valence-electron chi connectivity index (χ1n) is 6.70. The van der Waals surface area contributed by atoms with E-state index in [0.717, 1.165) is 17.0 Å². The summed E-state index contributed by atoms with van der Waals surface area (Å²) in [7, 11) is 0. The van der Waals surface area contributed by atoms with Crippen LogP contribution in [0.1, 0.15) is 29.2 Å². The molecule has 1 aromatic heterocycles. The molecule has 2 atom stereocenters. The molecule has 0 spiro atoms. The van der Waals surface area contributed by atoms with Gasteiger partial charge in [0, 0.05) is 5.69 Å². The van der Waals surface area contributed by atoms with E-state index in [1.807, 2.05) is 19.1 Å². The normalized spacial score (nSPS) is 28.3. The Morgan fingerprint density at radius 2 is 1.63 bits per heavy atom. The van der Waals surface area contributed by atoms with Gasteiger partial charge in [0.15, 0.2) is 0 Å². The quantitative estimate of drug-likeness (QED) is 0.812. The molecule has 2 unspecified atom stereocenters. The first-order valence-corrected chi connectivity index (χ1v) is 6.70. The molecule has 0 aliphatic carbocycles. The number of aromatic nitrogens is 1. The van der Waals surface area contributed by atoms with Crippen LogP contribution in [-0.2, 0) is 18.9 Å². The lowest BCUT2D eigenvalue weighted by Gasteiger charge is -2.26. The number of ether oxygens (including phenoxy) is 4. The fourth-order valence-corrected chi connectivity index (χ4v) is 2.41. The molecule has 19 heavy (non-hydrogen) atoms. The van der Waals surface area contributed by atoms with Gasteiger partial charge >= 0.3 is 0 Å². The number of rotatable bonds is 2. The van der Waals surface area contributed by atoms with Crippen LogP contribution in [0.4, 0.5) is 0 Å². The lowest BCUT2D eigenvalue weighted by Crippen LogP contribution is -2.25. The second kappa shape index (κ2) is 5.96. The monoisotopic (exact) mass is 265 g/mol. The third-order valence-electron chi connectivity index (χ3n) is 3.33. The summed E-state index contributed by atoms with van der Waals surface area (Å²) in [6, 6.07) is 4.10. The van der Waals surface area contributed by atoms with Crippen molar-refractivity contribution in [1.29, 1.82) is 0 Å². The molecule has 0 aromatic carbocycles. The number of pyridine rings is 1. The molecule has 2 aliphatic rings. The molecule has 2 saturated heterocycles. The molecular weight excluding hydrogens is 246 g/mol. The van der Waals surface area contributed by atoms with Gasteiger partial charge in [-0.15, -0.1) is 0 Å². The average Bonchev–Trinajstić information content (AvgIpc) is 2.48. The summed E-state index contributed by atoms with van der Waals surface area (Å²) in [6.07, 6.45) is -0.0735. The second-order valence-corrected chi connectivity index (χ2v) is 4.84. The number of hydrogen-bond acceptors (Lipinski definition) is 5. The molecule has 0 N–H and O–H groups in total. The van der Waals surface area contributed by atoms with E-state index in [1.54, 1.807) is 0 Å². The molecule has 5 nitrogen and oxygen atoms in total. The second-order valence-electron chi connectivity index (χ2n) is 4.84. The van der Waals surface area contributed by atoms with Crippen LogP contribution in [0.5, 0.6) is 0 Å². The minimum Gasteiger partial charge on any atom is -0.376 e. The molecule has 3 heterocycles. The van der Waals surface area contributed by atoms with Crippen molar-refractivity contribution in [2.45, 2.75) is 19.1 Å². The molecule has 0 amide bonds. The van der Waals surface area contributed by atoms with E-state index >= 15 is 0 Å². The van der Waals surface area contributed by atoms with Crippen molar-refractivity contribution >= 4 is 0 Å². The highest BCUT2D eigenvalue weighted by Gasteiger charge is 2.22. The zero-order valence-corrected chi connectivity index (χ0v) is 11.1. The van der Waals surface area contributed by atoms with Crippen LogP contribution in [0.2, 0.25) is 0 Å². The topological polar surface area (TPSA) is 49.8 Å². The standard InChI is InChI=1S/C14H19NO4/c1-10-6-11(13-8-16-2-4-18-13)7-12(15-10)14-9-17-3-5-19-14/h6-7,13-14H,2-5,8-9H2,1H3. The van der Waals surface area contributed by atoms with Crippen molar-refractivity contribution in [3.05, 3.63) is 29.1 Å². The van der Waals surface area contributed by atoms with Gasteiger partial charge in [0.2, 0.25) is 0 Å². The van der Waals surface area contributed by atoms with Crippen molar-refractivity contribution in [3.8, 4) is 0 Å². The molecule has 1 aromatic rings. The largest absolute Gasteiger partial charge is 0.376 e. The summed E-state index contributed by atoms with van der Waals surface area (Å²) in [6.45, 7) is 5.76. The fourth-order valence-electron chi connectivity index (χ4n) is 2.41. The third-order valence-corrected chi connectivity index (χ3v) is 3.33. The highest BCUT2D eigenvalue weighted by atomic mass is 16.6. The lowest BCUT2D eigenvalue weighted by atomic mass is 10.1. The van der Waals surface area contributed by atoms with Crippen LogP contribution in [-0.4, -0.2) is 44.6 Å². The zero-order valence-electron chi connectivity index (χ0n) is 11.1. The van der Waals surface area contributed by atoms with Gasteiger partial charge in [0.05, 0.1) is 45.3 Å². The Morgan fingerprint density at radius 1 is 0.947 bits per heavy atom. The van der Waals surface area contributed by atoms with Crippen LogP contribution < -0.4 is 0 Å². The molecule has 0 saturated carbocycles. The van der Waals surface area contributed by atoms with E-state index in [2.05, 4.69) is 4.98 Å². The number of nitrogens with zero attached hydrogens (tertiary/aromatic N) is 1. The first-order chi connectivity index (χ1) is 9.33. The van der Waals surface area contributed by atoms with Crippen LogP contribution in [0.3, 0.4) is 0 Å². The summed E-state index contributed by atoms with van der Waals surface area (Å²) < 4.78 is 22.3. The van der Waals surface area contributed by atoms with Gasteiger partial charge in [-0.1, -0.05) is 0 Å². The van der Waals surface area contributed by atoms with E-state index in [4.69, 9.17) is 18.9 Å². The predicted octanol–water partition coefficient (Wildman–Crippen LogP) is 1.57. The van der Waals surface area contributed by atoms with E-state index < -0.39 is 0 Å². The van der Waals surface area contributed by atoms with Crippen LogP contribution in [0, 0.1) is 6.92 Å². The maximum absolute atomic E-state index is 5.74. The van der Waals surface area contributed by atoms with Crippen LogP contribution in [0.15, 0.2) is 12.1 Å². The number of hydrogen-bond donors (Lipinski definition) is 0. The van der Waals surface area contributed by atoms with Crippen molar-refractivity contribution in [3.63, 3.8) is 0 Å². The van der Waals surface area contributed by atoms with E-state index in [-0.39, 0.29) is 12.2 Å². The summed E-state index contributed by atoms with van der Waals surface area (Å²) in [5.74, 6) is 0. The van der Waals surface area contributed by atoms with Crippen molar-refractivity contribution in [2.75, 3.05) is 39.6 Å². The Bertz CT molecular complexity index is 389. The maximum atomic E-state index is 5.74. The van der Waals surface area contributed by atoms with E-state index in [0.29, 0.717) is 39.6 Å².